The number of esters is 1. The van der Waals surface area contributed by atoms with Crippen LogP contribution in [0.4, 0.5) is 5.69 Å². The van der Waals surface area contributed by atoms with Crippen molar-refractivity contribution in [2.75, 3.05) is 19.4 Å². The molecule has 0 aliphatic heterocycles. The van der Waals surface area contributed by atoms with Crippen LogP contribution in [0.2, 0.25) is 0 Å². The highest BCUT2D eigenvalue weighted by Crippen LogP contribution is 2.13. The Kier molecular flexibility index (Phi) is 6.93. The molecule has 0 spiro atoms. The van der Waals surface area contributed by atoms with E-state index >= 15 is 0 Å². The van der Waals surface area contributed by atoms with Gasteiger partial charge in [0.05, 0.1) is 16.6 Å². The van der Waals surface area contributed by atoms with Gasteiger partial charge >= 0.3 is 5.97 Å². The molecule has 1 N–H and O–H groups in total. The molecule has 0 saturated carbocycles. The molecule has 0 atom stereocenters. The lowest BCUT2D eigenvalue weighted by atomic mass is 10.2. The number of sulfonamides is 1. The number of amides is 1. The summed E-state index contributed by atoms with van der Waals surface area (Å²) in [6.45, 7) is 3.12. The van der Waals surface area contributed by atoms with Crippen molar-refractivity contribution in [2.24, 2.45) is 0 Å². The maximum atomic E-state index is 12.3. The Bertz CT molecular complexity index is 1060. The fourth-order valence-corrected chi connectivity index (χ4v) is 3.25. The molecule has 9 nitrogen and oxygen atoms in total. The largest absolute Gasteiger partial charge is 0.459 e. The lowest BCUT2D eigenvalue weighted by Gasteiger charge is -2.13. The minimum Gasteiger partial charge on any atom is -0.459 e. The number of benzene rings is 1. The number of nitrogens with zero attached hydrogens (tertiary/aromatic N) is 2. The second kappa shape index (κ2) is 9.01. The van der Waals surface area contributed by atoms with Gasteiger partial charge < -0.3 is 14.6 Å². The molecular weight excluding hydrogens is 398 g/mol. The summed E-state index contributed by atoms with van der Waals surface area (Å²) < 4.78 is 31.5. The predicted molar refractivity (Wildman–Crippen MR) is 107 cm³/mol. The van der Waals surface area contributed by atoms with Crippen LogP contribution >= 0.6 is 0 Å². The maximum absolute atomic E-state index is 12.3. The van der Waals surface area contributed by atoms with Gasteiger partial charge in [0.2, 0.25) is 15.9 Å². The van der Waals surface area contributed by atoms with Crippen LogP contribution in [0.1, 0.15) is 24.2 Å². The van der Waals surface area contributed by atoms with Gasteiger partial charge in [-0.25, -0.2) is 17.5 Å². The zero-order valence-electron chi connectivity index (χ0n) is 16.6. The summed E-state index contributed by atoms with van der Waals surface area (Å²) in [5.41, 5.74) is 0.250. The van der Waals surface area contributed by atoms with Gasteiger partial charge in [-0.2, -0.15) is 0 Å². The summed E-state index contributed by atoms with van der Waals surface area (Å²) in [4.78, 5) is 36.0. The Labute approximate surface area is 169 Å². The number of rotatable bonds is 7. The summed E-state index contributed by atoms with van der Waals surface area (Å²) in [6.07, 6.45) is 0.884. The molecule has 156 valence electrons. The van der Waals surface area contributed by atoms with E-state index in [4.69, 9.17) is 4.74 Å². The Hall–Kier alpha value is -2.98. The van der Waals surface area contributed by atoms with E-state index in [1.807, 2.05) is 0 Å². The molecule has 0 fully saturated rings. The van der Waals surface area contributed by atoms with Crippen molar-refractivity contribution in [2.45, 2.75) is 31.4 Å². The molecule has 1 amide bonds. The molecule has 0 radical (unpaired) electrons. The molecule has 0 aliphatic rings. The van der Waals surface area contributed by atoms with Crippen LogP contribution in [-0.4, -0.2) is 49.4 Å². The van der Waals surface area contributed by atoms with Gasteiger partial charge in [0.15, 0.2) is 0 Å². The van der Waals surface area contributed by atoms with Gasteiger partial charge in [0.1, 0.15) is 6.54 Å². The van der Waals surface area contributed by atoms with Crippen molar-refractivity contribution in [3.05, 3.63) is 58.5 Å². The third-order valence-electron chi connectivity index (χ3n) is 3.80. The van der Waals surface area contributed by atoms with Crippen molar-refractivity contribution in [3.8, 4) is 0 Å². The Morgan fingerprint density at radius 3 is 2.28 bits per heavy atom. The highest BCUT2D eigenvalue weighted by molar-refractivity contribution is 7.89. The van der Waals surface area contributed by atoms with Crippen LogP contribution < -0.4 is 10.9 Å². The highest BCUT2D eigenvalue weighted by Gasteiger charge is 2.18. The fraction of sp³-hybridized carbons (Fsp3) is 0.316. The second-order valence-electron chi connectivity index (χ2n) is 6.70. The topological polar surface area (TPSA) is 115 Å². The Morgan fingerprint density at radius 2 is 1.72 bits per heavy atom. The first kappa shape index (κ1) is 22.3. The van der Waals surface area contributed by atoms with E-state index in [0.717, 1.165) is 21.1 Å². The standard InChI is InChI=1S/C19H23N3O6S/c1-13(2)28-19(25)14-5-7-15(8-6-14)20-17(23)12-22-11-16(9-10-18(22)24)29(26,27)21(3)4/h5-11,13H,12H2,1-4H3,(H,20,23). The van der Waals surface area contributed by atoms with Crippen LogP contribution in [0, 0.1) is 0 Å². The molecule has 29 heavy (non-hydrogen) atoms. The van der Waals surface area contributed by atoms with Crippen LogP contribution in [-0.2, 0) is 26.1 Å². The molecule has 1 aromatic carbocycles. The van der Waals surface area contributed by atoms with E-state index < -0.39 is 27.5 Å². The number of pyridine rings is 1. The number of anilines is 1. The summed E-state index contributed by atoms with van der Waals surface area (Å²) in [7, 11) is -0.988. The van der Waals surface area contributed by atoms with Gasteiger partial charge in [-0.1, -0.05) is 0 Å². The summed E-state index contributed by atoms with van der Waals surface area (Å²) in [5.74, 6) is -0.993. The van der Waals surface area contributed by atoms with Crippen molar-refractivity contribution >= 4 is 27.6 Å². The van der Waals surface area contributed by atoms with Gasteiger partial charge in [-0.05, 0) is 44.2 Å². The number of ether oxygens (including phenoxy) is 1. The molecular formula is C19H23N3O6S. The first-order valence-electron chi connectivity index (χ1n) is 8.74. The highest BCUT2D eigenvalue weighted by atomic mass is 32.2. The Balaban J connectivity index is 2.11. The van der Waals surface area contributed by atoms with E-state index in [-0.39, 0.29) is 17.5 Å². The van der Waals surface area contributed by atoms with E-state index in [1.54, 1.807) is 13.8 Å². The summed E-state index contributed by atoms with van der Waals surface area (Å²) in [5, 5.41) is 2.59. The van der Waals surface area contributed by atoms with Crippen LogP contribution in [0.5, 0.6) is 0 Å². The number of aromatic nitrogens is 1. The van der Waals surface area contributed by atoms with E-state index in [0.29, 0.717) is 11.3 Å². The van der Waals surface area contributed by atoms with Gasteiger partial charge in [-0.15, -0.1) is 0 Å². The van der Waals surface area contributed by atoms with Crippen LogP contribution in [0.15, 0.2) is 52.3 Å². The van der Waals surface area contributed by atoms with E-state index in [2.05, 4.69) is 5.32 Å². The average Bonchev–Trinajstić information content (AvgIpc) is 2.63. The SMILES string of the molecule is CC(C)OC(=O)c1ccc(NC(=O)Cn2cc(S(=O)(=O)N(C)C)ccc2=O)cc1. The third kappa shape index (κ3) is 5.75. The molecule has 10 heteroatoms. The van der Waals surface area contributed by atoms with Gasteiger partial charge in [-0.3, -0.25) is 9.59 Å². The van der Waals surface area contributed by atoms with Gasteiger partial charge in [0, 0.05) is 32.0 Å². The van der Waals surface area contributed by atoms with Crippen LogP contribution in [0.25, 0.3) is 0 Å². The molecule has 1 heterocycles. The normalized spacial score (nSPS) is 11.5. The average molecular weight is 421 g/mol. The van der Waals surface area contributed by atoms with Gasteiger partial charge in [0.25, 0.3) is 5.56 Å². The summed E-state index contributed by atoms with van der Waals surface area (Å²) in [6, 6.07) is 8.38. The van der Waals surface area contributed by atoms with Crippen molar-refractivity contribution in [1.29, 1.82) is 0 Å². The monoisotopic (exact) mass is 421 g/mol. The van der Waals surface area contributed by atoms with Crippen LogP contribution in [0.3, 0.4) is 0 Å². The number of hydrogen-bond donors (Lipinski definition) is 1. The molecule has 0 bridgehead atoms. The summed E-state index contributed by atoms with van der Waals surface area (Å²) >= 11 is 0. The molecule has 1 aromatic heterocycles. The zero-order valence-corrected chi connectivity index (χ0v) is 17.4. The Morgan fingerprint density at radius 1 is 1.10 bits per heavy atom. The third-order valence-corrected chi connectivity index (χ3v) is 5.59. The fourth-order valence-electron chi connectivity index (χ4n) is 2.32. The lowest BCUT2D eigenvalue weighted by molar-refractivity contribution is -0.116. The number of hydrogen-bond acceptors (Lipinski definition) is 6. The van der Waals surface area contributed by atoms with E-state index in [1.165, 1.54) is 44.4 Å². The minimum atomic E-state index is -3.73. The van der Waals surface area contributed by atoms with Crippen molar-refractivity contribution in [1.82, 2.24) is 8.87 Å². The molecule has 0 saturated heterocycles. The molecule has 0 unspecified atom stereocenters. The van der Waals surface area contributed by atoms with Crippen molar-refractivity contribution in [3.63, 3.8) is 0 Å². The minimum absolute atomic E-state index is 0.0945. The van der Waals surface area contributed by atoms with Crippen molar-refractivity contribution < 1.29 is 22.7 Å². The number of carbonyl (C=O) groups is 2. The zero-order chi connectivity index (χ0) is 21.8. The van der Waals surface area contributed by atoms with E-state index in [9.17, 15) is 22.8 Å². The number of nitrogens with one attached hydrogen (secondary N) is 1. The predicted octanol–water partition coefficient (Wildman–Crippen LogP) is 1.30. The maximum Gasteiger partial charge on any atom is 0.338 e. The molecule has 2 rings (SSSR count). The molecule has 0 aliphatic carbocycles. The second-order valence-corrected chi connectivity index (χ2v) is 8.85. The quantitative estimate of drug-likeness (QED) is 0.674. The smallest absolute Gasteiger partial charge is 0.338 e. The first-order valence-corrected chi connectivity index (χ1v) is 10.2. The number of carbonyl (C=O) groups excluding carboxylic acids is 2. The molecule has 2 aromatic rings. The lowest BCUT2D eigenvalue weighted by Crippen LogP contribution is -2.29. The first-order chi connectivity index (χ1) is 13.5.